The lowest BCUT2D eigenvalue weighted by atomic mass is 9.99. The van der Waals surface area contributed by atoms with Crippen molar-refractivity contribution < 1.29 is 13.3 Å². The minimum absolute atomic E-state index is 0.815. The molecule has 0 aliphatic rings. The summed E-state index contributed by atoms with van der Waals surface area (Å²) < 4.78 is 22.3. The topological polar surface area (TPSA) is 47.6 Å². The van der Waals surface area contributed by atoms with Crippen LogP contribution in [0, 0.1) is 0 Å². The molecule has 0 fully saturated rings. The molecule has 5 nitrogen and oxygen atoms in total. The van der Waals surface area contributed by atoms with E-state index < -0.39 is 0 Å². The van der Waals surface area contributed by atoms with Crippen LogP contribution in [0.3, 0.4) is 0 Å². The SMILES string of the molecule is c1ccc(-c2cccc3c2oc2c(-c4cccc(N(c5ccc(-c6ccc7c(c6)oc6ccccc67)cc5)c5ccc6c(c5)oc5ccc(-n7c8ccccc8c8ccccc87)cc56)c4)cccc23)cc1. The molecule has 0 aliphatic carbocycles. The molecule has 0 unspecified atom stereocenters. The minimum Gasteiger partial charge on any atom is -0.456 e. The number of para-hydroxylation sites is 5. The monoisotopic (exact) mass is 908 g/mol. The van der Waals surface area contributed by atoms with Crippen molar-refractivity contribution >= 4 is 105 Å². The van der Waals surface area contributed by atoms with Gasteiger partial charge in [-0.2, -0.15) is 0 Å². The van der Waals surface area contributed by atoms with Crippen LogP contribution in [0.4, 0.5) is 17.1 Å². The van der Waals surface area contributed by atoms with Gasteiger partial charge in [0.2, 0.25) is 0 Å². The first-order valence-corrected chi connectivity index (χ1v) is 24.1. The van der Waals surface area contributed by atoms with Crippen LogP contribution >= 0.6 is 0 Å². The molecule has 332 valence electrons. The van der Waals surface area contributed by atoms with Gasteiger partial charge < -0.3 is 22.7 Å². The molecule has 0 saturated heterocycles. The zero-order chi connectivity index (χ0) is 46.6. The van der Waals surface area contributed by atoms with Crippen molar-refractivity contribution in [2.45, 2.75) is 0 Å². The maximum Gasteiger partial charge on any atom is 0.143 e. The second-order valence-corrected chi connectivity index (χ2v) is 18.4. The smallest absolute Gasteiger partial charge is 0.143 e. The van der Waals surface area contributed by atoms with Gasteiger partial charge in [-0.3, -0.25) is 0 Å². The summed E-state index contributed by atoms with van der Waals surface area (Å²) in [6, 6.07) is 86.1. The van der Waals surface area contributed by atoms with Gasteiger partial charge in [-0.15, -0.1) is 0 Å². The van der Waals surface area contributed by atoms with Crippen molar-refractivity contribution in [3.05, 3.63) is 243 Å². The molecule has 5 heteroatoms. The molecule has 15 aromatic rings. The first-order valence-electron chi connectivity index (χ1n) is 24.1. The van der Waals surface area contributed by atoms with Crippen LogP contribution in [0.2, 0.25) is 0 Å². The zero-order valence-electron chi connectivity index (χ0n) is 38.2. The van der Waals surface area contributed by atoms with E-state index in [2.05, 4.69) is 234 Å². The maximum atomic E-state index is 6.91. The summed E-state index contributed by atoms with van der Waals surface area (Å²) in [5.41, 5.74) is 18.1. The molecule has 0 amide bonds. The second kappa shape index (κ2) is 15.5. The van der Waals surface area contributed by atoms with Crippen molar-refractivity contribution in [3.63, 3.8) is 0 Å². The van der Waals surface area contributed by atoms with Crippen LogP contribution in [0.5, 0.6) is 0 Å². The van der Waals surface area contributed by atoms with Crippen molar-refractivity contribution in [1.29, 1.82) is 0 Å². The first kappa shape index (κ1) is 39.4. The number of fused-ring (bicyclic) bond motifs is 12. The number of aromatic nitrogens is 1. The van der Waals surface area contributed by atoms with E-state index in [0.717, 1.165) is 122 Å². The lowest BCUT2D eigenvalue weighted by Gasteiger charge is -2.26. The minimum atomic E-state index is 0.815. The third-order valence-electron chi connectivity index (χ3n) is 14.4. The quantitative estimate of drug-likeness (QED) is 0.160. The summed E-state index contributed by atoms with van der Waals surface area (Å²) in [6.45, 7) is 0. The summed E-state index contributed by atoms with van der Waals surface area (Å²) >= 11 is 0. The Labute approximate surface area is 407 Å². The highest BCUT2D eigenvalue weighted by Gasteiger charge is 2.21. The van der Waals surface area contributed by atoms with Gasteiger partial charge in [0.05, 0.1) is 11.0 Å². The fourth-order valence-electron chi connectivity index (χ4n) is 11.1. The molecule has 0 saturated carbocycles. The molecule has 0 spiro atoms. The molecule has 0 aliphatic heterocycles. The number of anilines is 3. The van der Waals surface area contributed by atoms with Crippen molar-refractivity contribution in [3.8, 4) is 39.1 Å². The van der Waals surface area contributed by atoms with Gasteiger partial charge in [0.1, 0.15) is 33.5 Å². The van der Waals surface area contributed by atoms with Crippen LogP contribution in [-0.4, -0.2) is 4.57 Å². The zero-order valence-corrected chi connectivity index (χ0v) is 38.2. The molecular formula is C66H40N2O3. The van der Waals surface area contributed by atoms with E-state index in [4.69, 9.17) is 13.3 Å². The van der Waals surface area contributed by atoms with Crippen LogP contribution in [0.25, 0.3) is 127 Å². The number of rotatable bonds is 7. The summed E-state index contributed by atoms with van der Waals surface area (Å²) in [5, 5.41) is 9.03. The summed E-state index contributed by atoms with van der Waals surface area (Å²) in [4.78, 5) is 2.32. The Bertz CT molecular complexity index is 4540. The van der Waals surface area contributed by atoms with E-state index in [0.29, 0.717) is 0 Å². The van der Waals surface area contributed by atoms with Crippen molar-refractivity contribution in [2.24, 2.45) is 0 Å². The molecule has 71 heavy (non-hydrogen) atoms. The third-order valence-corrected chi connectivity index (χ3v) is 14.4. The van der Waals surface area contributed by atoms with Crippen molar-refractivity contribution in [2.75, 3.05) is 4.90 Å². The van der Waals surface area contributed by atoms with Gasteiger partial charge in [-0.1, -0.05) is 152 Å². The lowest BCUT2D eigenvalue weighted by Crippen LogP contribution is -2.10. The van der Waals surface area contributed by atoms with Gasteiger partial charge in [-0.25, -0.2) is 0 Å². The Kier molecular flexibility index (Phi) is 8.59. The van der Waals surface area contributed by atoms with Crippen LogP contribution < -0.4 is 4.90 Å². The second-order valence-electron chi connectivity index (χ2n) is 18.4. The average Bonchev–Trinajstić information content (AvgIpc) is 4.20. The molecule has 0 N–H and O–H groups in total. The Morgan fingerprint density at radius 1 is 0.268 bits per heavy atom. The van der Waals surface area contributed by atoms with Gasteiger partial charge in [0, 0.05) is 83.0 Å². The Morgan fingerprint density at radius 3 is 1.56 bits per heavy atom. The highest BCUT2D eigenvalue weighted by Crippen LogP contribution is 2.44. The van der Waals surface area contributed by atoms with Crippen LogP contribution in [-0.2, 0) is 0 Å². The fraction of sp³-hybridized carbons (Fsp3) is 0. The predicted molar refractivity (Wildman–Crippen MR) is 294 cm³/mol. The molecule has 0 atom stereocenters. The van der Waals surface area contributed by atoms with Gasteiger partial charge in [0.25, 0.3) is 0 Å². The van der Waals surface area contributed by atoms with Crippen LogP contribution in [0.1, 0.15) is 0 Å². The van der Waals surface area contributed by atoms with E-state index >= 15 is 0 Å². The number of nitrogens with zero attached hydrogens (tertiary/aromatic N) is 2. The summed E-state index contributed by atoms with van der Waals surface area (Å²) in [5.74, 6) is 0. The van der Waals surface area contributed by atoms with E-state index in [9.17, 15) is 0 Å². The molecule has 4 aromatic heterocycles. The van der Waals surface area contributed by atoms with Crippen molar-refractivity contribution in [1.82, 2.24) is 4.57 Å². The van der Waals surface area contributed by atoms with Gasteiger partial charge in [-0.05, 0) is 107 Å². The predicted octanol–water partition coefficient (Wildman–Crippen LogP) is 19.0. The fourth-order valence-corrected chi connectivity index (χ4v) is 11.1. The van der Waals surface area contributed by atoms with Gasteiger partial charge >= 0.3 is 0 Å². The lowest BCUT2D eigenvalue weighted by molar-refractivity contribution is 0.668. The molecule has 0 bridgehead atoms. The largest absolute Gasteiger partial charge is 0.456 e. The normalized spacial score (nSPS) is 11.9. The van der Waals surface area contributed by atoms with Gasteiger partial charge in [0.15, 0.2) is 0 Å². The number of furan rings is 3. The summed E-state index contributed by atoms with van der Waals surface area (Å²) in [6.07, 6.45) is 0. The third kappa shape index (κ3) is 6.20. The van der Waals surface area contributed by atoms with E-state index in [1.807, 2.05) is 18.2 Å². The Balaban J connectivity index is 0.868. The molecule has 0 radical (unpaired) electrons. The number of hydrogen-bond donors (Lipinski definition) is 0. The standard InChI is InChI=1S/C66H40N2O3/c1-2-13-42(14-3-1)49-20-11-22-56-57-23-12-21-50(66(57)71-65(49)56)44-15-10-16-46(37-44)67(45-30-27-41(28-31-45)43-29-34-54-53-19-6-9-26-61(53)69-63(54)38-43)48-32-35-55-58-39-47(33-36-62(58)70-64(55)40-48)68-59-24-7-4-17-51(59)52-18-5-8-25-60(52)68/h1-40H. The van der Waals surface area contributed by atoms with Crippen LogP contribution in [0.15, 0.2) is 256 Å². The summed E-state index contributed by atoms with van der Waals surface area (Å²) in [7, 11) is 0. The number of benzene rings is 11. The molecule has 4 heterocycles. The van der Waals surface area contributed by atoms with E-state index in [-0.39, 0.29) is 0 Å². The maximum absolute atomic E-state index is 6.91. The Morgan fingerprint density at radius 2 is 0.803 bits per heavy atom. The Hall–Kier alpha value is -9.58. The average molecular weight is 909 g/mol. The highest BCUT2D eigenvalue weighted by molar-refractivity contribution is 6.14. The van der Waals surface area contributed by atoms with E-state index in [1.165, 1.54) is 21.8 Å². The number of hydrogen-bond acceptors (Lipinski definition) is 4. The molecule has 15 rings (SSSR count). The highest BCUT2D eigenvalue weighted by atomic mass is 16.3. The molecular weight excluding hydrogens is 869 g/mol. The molecule has 11 aromatic carbocycles. The van der Waals surface area contributed by atoms with E-state index in [1.54, 1.807) is 0 Å². The first-order chi connectivity index (χ1) is 35.2.